The largest absolute Gasteiger partial charge is 0.497 e. The molecule has 0 spiro atoms. The van der Waals surface area contributed by atoms with E-state index >= 15 is 0 Å². The Morgan fingerprint density at radius 3 is 2.52 bits per heavy atom. The van der Waals surface area contributed by atoms with Gasteiger partial charge >= 0.3 is 0 Å². The van der Waals surface area contributed by atoms with E-state index in [-0.39, 0.29) is 5.91 Å². The SMILES string of the molecule is COc1ccc(NC(=O)CNCc2cc(C)c(C)s2)cc1. The Kier molecular flexibility index (Phi) is 5.36. The maximum atomic E-state index is 11.8. The van der Waals surface area contributed by atoms with E-state index in [4.69, 9.17) is 4.74 Å². The molecule has 0 saturated carbocycles. The zero-order chi connectivity index (χ0) is 15.2. The smallest absolute Gasteiger partial charge is 0.238 e. The van der Waals surface area contributed by atoms with E-state index in [0.29, 0.717) is 6.54 Å². The van der Waals surface area contributed by atoms with E-state index < -0.39 is 0 Å². The highest BCUT2D eigenvalue weighted by molar-refractivity contribution is 7.12. The second-order valence-electron chi connectivity index (χ2n) is 4.83. The predicted octanol–water partition coefficient (Wildman–Crippen LogP) is 3.10. The zero-order valence-corrected chi connectivity index (χ0v) is 13.3. The third-order valence-electron chi connectivity index (χ3n) is 3.18. The molecule has 0 radical (unpaired) electrons. The van der Waals surface area contributed by atoms with Crippen LogP contribution in [0.25, 0.3) is 0 Å². The molecule has 2 aromatic rings. The Balaban J connectivity index is 1.76. The molecule has 0 aliphatic heterocycles. The minimum Gasteiger partial charge on any atom is -0.497 e. The van der Waals surface area contributed by atoms with Crippen LogP contribution in [0.15, 0.2) is 30.3 Å². The molecule has 0 aliphatic carbocycles. The number of benzene rings is 1. The fourth-order valence-electron chi connectivity index (χ4n) is 1.92. The molecule has 0 atom stereocenters. The normalized spacial score (nSPS) is 10.4. The summed E-state index contributed by atoms with van der Waals surface area (Å²) in [5.74, 6) is 0.722. The van der Waals surface area contributed by atoms with Gasteiger partial charge in [0.05, 0.1) is 13.7 Å². The topological polar surface area (TPSA) is 50.4 Å². The standard InChI is InChI=1S/C16H20N2O2S/c1-11-8-15(21-12(11)2)9-17-10-16(19)18-13-4-6-14(20-3)7-5-13/h4-8,17H,9-10H2,1-3H3,(H,18,19). The van der Waals surface area contributed by atoms with Crippen LogP contribution in [0.1, 0.15) is 15.3 Å². The Labute approximate surface area is 129 Å². The summed E-state index contributed by atoms with van der Waals surface area (Å²) in [7, 11) is 1.62. The van der Waals surface area contributed by atoms with Crippen LogP contribution in [0.3, 0.4) is 0 Å². The number of ether oxygens (including phenoxy) is 1. The molecule has 0 aliphatic rings. The summed E-state index contributed by atoms with van der Waals surface area (Å²) in [6, 6.07) is 9.44. The van der Waals surface area contributed by atoms with Gasteiger partial charge in [0.15, 0.2) is 0 Å². The maximum Gasteiger partial charge on any atom is 0.238 e. The lowest BCUT2D eigenvalue weighted by Crippen LogP contribution is -2.27. The summed E-state index contributed by atoms with van der Waals surface area (Å²) in [4.78, 5) is 14.4. The van der Waals surface area contributed by atoms with Crippen LogP contribution in [-0.4, -0.2) is 19.6 Å². The van der Waals surface area contributed by atoms with Gasteiger partial charge in [-0.15, -0.1) is 11.3 Å². The Bertz CT molecular complexity index is 586. The van der Waals surface area contributed by atoms with Gasteiger partial charge in [-0.05, 0) is 49.7 Å². The molecule has 1 aromatic carbocycles. The van der Waals surface area contributed by atoms with E-state index in [9.17, 15) is 4.79 Å². The van der Waals surface area contributed by atoms with Crippen LogP contribution in [-0.2, 0) is 11.3 Å². The third kappa shape index (κ3) is 4.58. The van der Waals surface area contributed by atoms with Gasteiger partial charge in [0.2, 0.25) is 5.91 Å². The number of methoxy groups -OCH3 is 1. The first-order valence-corrected chi connectivity index (χ1v) is 7.60. The summed E-state index contributed by atoms with van der Waals surface area (Å²) in [6.45, 7) is 5.23. The summed E-state index contributed by atoms with van der Waals surface area (Å²) in [6.07, 6.45) is 0. The van der Waals surface area contributed by atoms with E-state index in [1.54, 1.807) is 18.4 Å². The summed E-state index contributed by atoms with van der Waals surface area (Å²) in [5, 5.41) is 6.00. The van der Waals surface area contributed by atoms with Gasteiger partial charge in [-0.25, -0.2) is 0 Å². The van der Waals surface area contributed by atoms with E-state index in [0.717, 1.165) is 18.0 Å². The Hall–Kier alpha value is -1.85. The maximum absolute atomic E-state index is 11.8. The van der Waals surface area contributed by atoms with Gasteiger partial charge in [0.1, 0.15) is 5.75 Å². The van der Waals surface area contributed by atoms with Gasteiger partial charge in [-0.2, -0.15) is 0 Å². The summed E-state index contributed by atoms with van der Waals surface area (Å²) in [5.41, 5.74) is 2.07. The van der Waals surface area contributed by atoms with E-state index in [2.05, 4.69) is 30.5 Å². The molecular weight excluding hydrogens is 284 g/mol. The Morgan fingerprint density at radius 2 is 1.95 bits per heavy atom. The van der Waals surface area contributed by atoms with Crippen molar-refractivity contribution in [3.63, 3.8) is 0 Å². The van der Waals surface area contributed by atoms with Gasteiger partial charge in [0, 0.05) is 22.0 Å². The summed E-state index contributed by atoms with van der Waals surface area (Å²) >= 11 is 1.77. The number of nitrogens with one attached hydrogen (secondary N) is 2. The van der Waals surface area contributed by atoms with Crippen LogP contribution in [0, 0.1) is 13.8 Å². The molecule has 0 unspecified atom stereocenters. The molecule has 5 heteroatoms. The number of carbonyl (C=O) groups is 1. The quantitative estimate of drug-likeness (QED) is 0.862. The second kappa shape index (κ2) is 7.24. The van der Waals surface area contributed by atoms with Crippen LogP contribution in [0.4, 0.5) is 5.69 Å². The summed E-state index contributed by atoms with van der Waals surface area (Å²) < 4.78 is 5.08. The average Bonchev–Trinajstić information content (AvgIpc) is 2.78. The highest BCUT2D eigenvalue weighted by atomic mass is 32.1. The van der Waals surface area contributed by atoms with Crippen molar-refractivity contribution < 1.29 is 9.53 Å². The first-order valence-electron chi connectivity index (χ1n) is 6.79. The lowest BCUT2D eigenvalue weighted by molar-refractivity contribution is -0.115. The molecule has 0 saturated heterocycles. The molecule has 1 heterocycles. The lowest BCUT2D eigenvalue weighted by Gasteiger charge is -2.07. The molecule has 2 N–H and O–H groups in total. The molecule has 0 fully saturated rings. The van der Waals surface area contributed by atoms with Gasteiger partial charge in [-0.1, -0.05) is 0 Å². The van der Waals surface area contributed by atoms with Crippen LogP contribution < -0.4 is 15.4 Å². The molecule has 1 aromatic heterocycles. The van der Waals surface area contributed by atoms with Crippen LogP contribution in [0.2, 0.25) is 0 Å². The second-order valence-corrected chi connectivity index (χ2v) is 6.17. The minimum absolute atomic E-state index is 0.0508. The van der Waals surface area contributed by atoms with Crippen molar-refractivity contribution in [2.75, 3.05) is 19.0 Å². The first-order chi connectivity index (χ1) is 10.1. The number of carbonyl (C=O) groups excluding carboxylic acids is 1. The van der Waals surface area contributed by atoms with Crippen molar-refractivity contribution >= 4 is 22.9 Å². The fourth-order valence-corrected chi connectivity index (χ4v) is 2.94. The van der Waals surface area contributed by atoms with Crippen LogP contribution in [0.5, 0.6) is 5.75 Å². The molecule has 21 heavy (non-hydrogen) atoms. The van der Waals surface area contributed by atoms with Crippen molar-refractivity contribution in [1.29, 1.82) is 0 Å². The highest BCUT2D eigenvalue weighted by Crippen LogP contribution is 2.20. The molecule has 1 amide bonds. The Morgan fingerprint density at radius 1 is 1.24 bits per heavy atom. The van der Waals surface area contributed by atoms with Gasteiger partial charge in [0.25, 0.3) is 0 Å². The third-order valence-corrected chi connectivity index (χ3v) is 4.33. The number of rotatable bonds is 6. The predicted molar refractivity (Wildman–Crippen MR) is 87.1 cm³/mol. The number of amides is 1. The number of thiophene rings is 1. The average molecular weight is 304 g/mol. The monoisotopic (exact) mass is 304 g/mol. The number of aryl methyl sites for hydroxylation is 2. The van der Waals surface area contributed by atoms with Crippen molar-refractivity contribution in [1.82, 2.24) is 5.32 Å². The molecule has 4 nitrogen and oxygen atoms in total. The van der Waals surface area contributed by atoms with Gasteiger partial charge < -0.3 is 15.4 Å². The van der Waals surface area contributed by atoms with Crippen molar-refractivity contribution in [3.8, 4) is 5.75 Å². The van der Waals surface area contributed by atoms with Crippen molar-refractivity contribution in [2.45, 2.75) is 20.4 Å². The van der Waals surface area contributed by atoms with E-state index in [1.807, 2.05) is 24.3 Å². The molecule has 0 bridgehead atoms. The molecule has 112 valence electrons. The first kappa shape index (κ1) is 15.5. The fraction of sp³-hybridized carbons (Fsp3) is 0.312. The lowest BCUT2D eigenvalue weighted by atomic mass is 10.3. The van der Waals surface area contributed by atoms with Crippen molar-refractivity contribution in [2.24, 2.45) is 0 Å². The van der Waals surface area contributed by atoms with Crippen molar-refractivity contribution in [3.05, 3.63) is 45.6 Å². The highest BCUT2D eigenvalue weighted by Gasteiger charge is 2.04. The molecule has 2 rings (SSSR count). The number of hydrogen-bond acceptors (Lipinski definition) is 4. The number of hydrogen-bond donors (Lipinski definition) is 2. The minimum atomic E-state index is -0.0508. The van der Waals surface area contributed by atoms with Crippen LogP contribution >= 0.6 is 11.3 Å². The number of anilines is 1. The van der Waals surface area contributed by atoms with E-state index in [1.165, 1.54) is 15.3 Å². The molecular formula is C16H20N2O2S. The van der Waals surface area contributed by atoms with Gasteiger partial charge in [-0.3, -0.25) is 4.79 Å². The zero-order valence-electron chi connectivity index (χ0n) is 12.5.